The third-order valence-electron chi connectivity index (χ3n) is 7.64. The highest BCUT2D eigenvalue weighted by atomic mass is 15.1. The van der Waals surface area contributed by atoms with Gasteiger partial charge in [0.05, 0.1) is 39.9 Å². The summed E-state index contributed by atoms with van der Waals surface area (Å²) in [5, 5.41) is 14.3. The van der Waals surface area contributed by atoms with Gasteiger partial charge in [0, 0.05) is 27.7 Å². The largest absolute Gasteiger partial charge is 0.294 e. The van der Waals surface area contributed by atoms with E-state index in [4.69, 9.17) is 4.98 Å². The van der Waals surface area contributed by atoms with E-state index in [1.54, 1.807) is 0 Å². The van der Waals surface area contributed by atoms with Crippen molar-refractivity contribution in [2.24, 2.45) is 0 Å². The highest BCUT2D eigenvalue weighted by molar-refractivity contribution is 6.10. The molecule has 4 heterocycles. The Morgan fingerprint density at radius 3 is 1.68 bits per heavy atom. The van der Waals surface area contributed by atoms with Gasteiger partial charge in [-0.15, -0.1) is 0 Å². The van der Waals surface area contributed by atoms with E-state index >= 15 is 0 Å². The average Bonchev–Trinajstić information content (AvgIpc) is 3.54. The Bertz CT molecular complexity index is 2060. The first kappa shape index (κ1) is 22.3. The molecule has 0 aliphatic heterocycles. The van der Waals surface area contributed by atoms with Crippen molar-refractivity contribution in [2.75, 3.05) is 0 Å². The summed E-state index contributed by atoms with van der Waals surface area (Å²) in [5.41, 5.74) is 6.80. The highest BCUT2D eigenvalue weighted by Gasteiger charge is 2.18. The molecule has 0 atom stereocenters. The molecule has 5 heteroatoms. The Balaban J connectivity index is 1.51. The molecule has 5 nitrogen and oxygen atoms in total. The lowest BCUT2D eigenvalue weighted by molar-refractivity contribution is 1.01. The monoisotopic (exact) mass is 511 g/mol. The van der Waals surface area contributed by atoms with E-state index < -0.39 is 0 Å². The van der Waals surface area contributed by atoms with Crippen molar-refractivity contribution >= 4 is 43.6 Å². The zero-order valence-corrected chi connectivity index (χ0v) is 21.4. The molecular formula is C35H21N5. The second-order valence-corrected chi connectivity index (χ2v) is 9.88. The number of benzene rings is 4. The lowest BCUT2D eigenvalue weighted by Crippen LogP contribution is -2.04. The van der Waals surface area contributed by atoms with Gasteiger partial charge >= 0.3 is 0 Å². The molecule has 0 unspecified atom stereocenters. The average molecular weight is 512 g/mol. The fourth-order valence-corrected chi connectivity index (χ4v) is 5.90. The molecule has 0 aliphatic rings. The van der Waals surface area contributed by atoms with Crippen LogP contribution >= 0.6 is 0 Å². The molecule has 0 saturated carbocycles. The highest BCUT2D eigenvalue weighted by Crippen LogP contribution is 2.36. The van der Waals surface area contributed by atoms with Crippen molar-refractivity contribution < 1.29 is 0 Å². The number of aromatic nitrogens is 4. The normalized spacial score (nSPS) is 11.5. The minimum atomic E-state index is 0.621. The topological polar surface area (TPSA) is 59.4 Å². The number of nitriles is 1. The second kappa shape index (κ2) is 8.65. The molecule has 0 amide bonds. The van der Waals surface area contributed by atoms with E-state index in [1.165, 1.54) is 10.8 Å². The van der Waals surface area contributed by atoms with Crippen LogP contribution in [0.15, 0.2) is 128 Å². The van der Waals surface area contributed by atoms with E-state index in [0.717, 1.165) is 55.6 Å². The number of rotatable bonds is 3. The van der Waals surface area contributed by atoms with Gasteiger partial charge in [0.1, 0.15) is 11.6 Å². The summed E-state index contributed by atoms with van der Waals surface area (Å²) >= 11 is 0. The van der Waals surface area contributed by atoms with E-state index in [1.807, 2.05) is 36.7 Å². The Hall–Kier alpha value is -5.73. The standard InChI is InChI=1S/C35H21N5/c36-21-23-8-7-9-24(18-23)25-19-34(39-30-13-4-1-10-26(30)27-11-2-5-14-31(27)39)38-35(20-25)40-32-15-6-3-12-28(32)29-16-17-37-22-33(29)40/h1-20,22H. The van der Waals surface area contributed by atoms with Crippen molar-refractivity contribution in [1.29, 1.82) is 5.26 Å². The van der Waals surface area contributed by atoms with Crippen LogP contribution < -0.4 is 0 Å². The number of fused-ring (bicyclic) bond motifs is 6. The smallest absolute Gasteiger partial charge is 0.140 e. The van der Waals surface area contributed by atoms with Gasteiger partial charge in [-0.05, 0) is 59.7 Å². The Kier molecular flexibility index (Phi) is 4.82. The SMILES string of the molecule is N#Cc1cccc(-c2cc(-n3c4ccccc4c4ccccc43)nc(-n3c4ccccc4c4ccncc43)c2)c1. The van der Waals surface area contributed by atoms with Crippen LogP contribution in [0.1, 0.15) is 5.56 Å². The number of para-hydroxylation sites is 3. The van der Waals surface area contributed by atoms with Crippen LogP contribution in [0.2, 0.25) is 0 Å². The number of nitrogens with zero attached hydrogens (tertiary/aromatic N) is 5. The summed E-state index contributed by atoms with van der Waals surface area (Å²) in [5.74, 6) is 1.60. The van der Waals surface area contributed by atoms with Crippen molar-refractivity contribution in [3.8, 4) is 28.8 Å². The van der Waals surface area contributed by atoms with Crippen LogP contribution in [-0.2, 0) is 0 Å². The van der Waals surface area contributed by atoms with Gasteiger partial charge in [-0.3, -0.25) is 14.1 Å². The van der Waals surface area contributed by atoms with Gasteiger partial charge in [-0.1, -0.05) is 66.7 Å². The maximum atomic E-state index is 9.61. The first-order valence-electron chi connectivity index (χ1n) is 13.1. The predicted molar refractivity (Wildman–Crippen MR) is 161 cm³/mol. The summed E-state index contributed by atoms with van der Waals surface area (Å²) in [6, 6.07) is 41.6. The summed E-state index contributed by atoms with van der Waals surface area (Å²) in [6.07, 6.45) is 3.74. The number of hydrogen-bond donors (Lipinski definition) is 0. The lowest BCUT2D eigenvalue weighted by Gasteiger charge is -2.14. The van der Waals surface area contributed by atoms with Crippen LogP contribution in [0.5, 0.6) is 0 Å². The minimum Gasteiger partial charge on any atom is -0.294 e. The van der Waals surface area contributed by atoms with Gasteiger partial charge in [0.2, 0.25) is 0 Å². The molecule has 186 valence electrons. The van der Waals surface area contributed by atoms with Crippen LogP contribution in [-0.4, -0.2) is 19.1 Å². The number of hydrogen-bond acceptors (Lipinski definition) is 3. The molecule has 4 aromatic carbocycles. The summed E-state index contributed by atoms with van der Waals surface area (Å²) < 4.78 is 4.42. The molecule has 0 spiro atoms. The van der Waals surface area contributed by atoms with Crippen LogP contribution in [0.25, 0.3) is 66.4 Å². The van der Waals surface area contributed by atoms with Gasteiger partial charge in [-0.25, -0.2) is 4.98 Å². The number of pyridine rings is 2. The molecule has 4 aromatic heterocycles. The summed E-state index contributed by atoms with van der Waals surface area (Å²) in [4.78, 5) is 9.78. The molecule has 0 fully saturated rings. The van der Waals surface area contributed by atoms with Gasteiger partial charge in [-0.2, -0.15) is 5.26 Å². The van der Waals surface area contributed by atoms with E-state index in [0.29, 0.717) is 5.56 Å². The van der Waals surface area contributed by atoms with Crippen molar-refractivity contribution in [3.05, 3.63) is 133 Å². The zero-order valence-electron chi connectivity index (χ0n) is 21.4. The lowest BCUT2D eigenvalue weighted by atomic mass is 10.0. The third-order valence-corrected chi connectivity index (χ3v) is 7.64. The Labute approximate surface area is 229 Å². The molecule has 0 bridgehead atoms. The van der Waals surface area contributed by atoms with E-state index in [2.05, 4.69) is 111 Å². The first-order chi connectivity index (χ1) is 19.8. The second-order valence-electron chi connectivity index (χ2n) is 9.88. The molecule has 0 aliphatic carbocycles. The predicted octanol–water partition coefficient (Wildman–Crippen LogP) is 8.21. The molecule has 40 heavy (non-hydrogen) atoms. The zero-order chi connectivity index (χ0) is 26.6. The fraction of sp³-hybridized carbons (Fsp3) is 0. The summed E-state index contributed by atoms with van der Waals surface area (Å²) in [7, 11) is 0. The van der Waals surface area contributed by atoms with E-state index in [9.17, 15) is 5.26 Å². The van der Waals surface area contributed by atoms with Crippen LogP contribution in [0, 0.1) is 11.3 Å². The van der Waals surface area contributed by atoms with Crippen molar-refractivity contribution in [2.45, 2.75) is 0 Å². The fourth-order valence-electron chi connectivity index (χ4n) is 5.90. The quantitative estimate of drug-likeness (QED) is 0.240. The van der Waals surface area contributed by atoms with E-state index in [-0.39, 0.29) is 0 Å². The molecule has 0 N–H and O–H groups in total. The maximum absolute atomic E-state index is 9.61. The first-order valence-corrected chi connectivity index (χ1v) is 13.1. The van der Waals surface area contributed by atoms with Crippen molar-refractivity contribution in [1.82, 2.24) is 19.1 Å². The van der Waals surface area contributed by atoms with Gasteiger partial charge in [0.25, 0.3) is 0 Å². The van der Waals surface area contributed by atoms with Crippen molar-refractivity contribution in [3.63, 3.8) is 0 Å². The molecular weight excluding hydrogens is 490 g/mol. The van der Waals surface area contributed by atoms with Gasteiger partial charge < -0.3 is 0 Å². The molecule has 0 saturated heterocycles. The minimum absolute atomic E-state index is 0.621. The molecule has 8 aromatic rings. The Morgan fingerprint density at radius 1 is 0.525 bits per heavy atom. The van der Waals surface area contributed by atoms with Gasteiger partial charge in [0.15, 0.2) is 0 Å². The Morgan fingerprint density at radius 2 is 1.07 bits per heavy atom. The maximum Gasteiger partial charge on any atom is 0.140 e. The summed E-state index contributed by atoms with van der Waals surface area (Å²) in [6.45, 7) is 0. The van der Waals surface area contributed by atoms with Crippen LogP contribution in [0.3, 0.4) is 0 Å². The molecule has 8 rings (SSSR count). The third kappa shape index (κ3) is 3.27. The molecule has 0 radical (unpaired) electrons. The van der Waals surface area contributed by atoms with Crippen LogP contribution in [0.4, 0.5) is 0 Å².